The summed E-state index contributed by atoms with van der Waals surface area (Å²) in [6.45, 7) is 3.31. The van der Waals surface area contributed by atoms with Gasteiger partial charge < -0.3 is 9.32 Å². The van der Waals surface area contributed by atoms with Gasteiger partial charge in [0, 0.05) is 13.0 Å². The number of aromatic nitrogens is 1. The summed E-state index contributed by atoms with van der Waals surface area (Å²) in [6, 6.07) is 6.34. The zero-order valence-corrected chi connectivity index (χ0v) is 15.6. The Morgan fingerprint density at radius 2 is 1.89 bits per heavy atom. The lowest BCUT2D eigenvalue weighted by atomic mass is 10.1. The largest absolute Gasteiger partial charge is 0.443 e. The molecular formula is C21H26FN3O2. The van der Waals surface area contributed by atoms with Crippen molar-refractivity contribution in [1.82, 2.24) is 14.8 Å². The summed E-state index contributed by atoms with van der Waals surface area (Å²) in [5, 5.41) is 0. The predicted octanol–water partition coefficient (Wildman–Crippen LogP) is 3.55. The van der Waals surface area contributed by atoms with Crippen LogP contribution >= 0.6 is 0 Å². The summed E-state index contributed by atoms with van der Waals surface area (Å²) in [7, 11) is 0. The fourth-order valence-electron chi connectivity index (χ4n) is 4.08. The van der Waals surface area contributed by atoms with Crippen LogP contribution in [-0.4, -0.2) is 46.9 Å². The molecule has 1 aromatic carbocycles. The molecule has 1 amide bonds. The second-order valence-corrected chi connectivity index (χ2v) is 7.55. The lowest BCUT2D eigenvalue weighted by molar-refractivity contribution is -0.134. The second-order valence-electron chi connectivity index (χ2n) is 7.55. The van der Waals surface area contributed by atoms with Crippen molar-refractivity contribution in [3.63, 3.8) is 0 Å². The third-order valence-corrected chi connectivity index (χ3v) is 5.53. The number of rotatable bonds is 5. The first-order valence-corrected chi connectivity index (χ1v) is 9.90. The number of amides is 1. The lowest BCUT2D eigenvalue weighted by Gasteiger charge is -2.29. The van der Waals surface area contributed by atoms with Crippen molar-refractivity contribution in [2.24, 2.45) is 0 Å². The van der Waals surface area contributed by atoms with Crippen molar-refractivity contribution < 1.29 is 13.6 Å². The summed E-state index contributed by atoms with van der Waals surface area (Å²) in [6.07, 6.45) is 7.80. The number of hydrogen-bond acceptors (Lipinski definition) is 4. The maximum Gasteiger partial charge on any atom is 0.237 e. The van der Waals surface area contributed by atoms with E-state index < -0.39 is 0 Å². The van der Waals surface area contributed by atoms with Gasteiger partial charge in [0.15, 0.2) is 0 Å². The molecule has 0 N–H and O–H groups in total. The first-order chi connectivity index (χ1) is 13.2. The maximum atomic E-state index is 13.0. The van der Waals surface area contributed by atoms with E-state index in [1.807, 2.05) is 4.90 Å². The number of oxazole rings is 1. The molecule has 144 valence electrons. The number of benzene rings is 1. The van der Waals surface area contributed by atoms with Crippen LogP contribution in [-0.2, 0) is 11.2 Å². The highest BCUT2D eigenvalue weighted by Crippen LogP contribution is 2.32. The number of carbonyl (C=O) groups is 1. The van der Waals surface area contributed by atoms with Gasteiger partial charge in [0.25, 0.3) is 0 Å². The zero-order chi connectivity index (χ0) is 18.6. The average molecular weight is 371 g/mol. The molecule has 4 rings (SSSR count). The van der Waals surface area contributed by atoms with Gasteiger partial charge in [-0.2, -0.15) is 0 Å². The SMILES string of the molecule is O=C(CN1CCCCC1)N1CCCC1c1ncc(Cc2ccc(F)cc2)o1. The standard InChI is InChI=1S/C21H26FN3O2/c22-17-8-6-16(7-9-17)13-18-14-23-21(27-18)19-5-4-12-25(19)20(26)15-24-10-2-1-3-11-24/h6-9,14,19H,1-5,10-13,15H2. The number of likely N-dealkylation sites (tertiary alicyclic amines) is 2. The normalized spacial score (nSPS) is 20.9. The van der Waals surface area contributed by atoms with Crippen LogP contribution in [0.2, 0.25) is 0 Å². The number of piperidine rings is 1. The smallest absolute Gasteiger partial charge is 0.237 e. The average Bonchev–Trinajstić information content (AvgIpc) is 3.33. The monoisotopic (exact) mass is 371 g/mol. The molecule has 5 nitrogen and oxygen atoms in total. The van der Waals surface area contributed by atoms with E-state index >= 15 is 0 Å². The molecule has 2 aliphatic heterocycles. The summed E-state index contributed by atoms with van der Waals surface area (Å²) in [5.41, 5.74) is 0.976. The van der Waals surface area contributed by atoms with Crippen LogP contribution in [0.4, 0.5) is 4.39 Å². The van der Waals surface area contributed by atoms with E-state index in [0.717, 1.165) is 43.8 Å². The highest BCUT2D eigenvalue weighted by molar-refractivity contribution is 5.79. The Morgan fingerprint density at radius 3 is 2.67 bits per heavy atom. The minimum Gasteiger partial charge on any atom is -0.443 e. The Kier molecular flexibility index (Phi) is 5.53. The van der Waals surface area contributed by atoms with Crippen LogP contribution in [0.3, 0.4) is 0 Å². The molecule has 0 bridgehead atoms. The highest BCUT2D eigenvalue weighted by Gasteiger charge is 2.34. The van der Waals surface area contributed by atoms with E-state index in [2.05, 4.69) is 9.88 Å². The molecule has 2 saturated heterocycles. The van der Waals surface area contributed by atoms with Gasteiger partial charge in [0.2, 0.25) is 11.8 Å². The van der Waals surface area contributed by atoms with E-state index in [0.29, 0.717) is 18.9 Å². The molecule has 2 fully saturated rings. The molecule has 2 aromatic rings. The fourth-order valence-corrected chi connectivity index (χ4v) is 4.08. The fraction of sp³-hybridized carbons (Fsp3) is 0.524. The van der Waals surface area contributed by atoms with Crippen molar-refractivity contribution in [3.8, 4) is 0 Å². The van der Waals surface area contributed by atoms with E-state index in [9.17, 15) is 9.18 Å². The lowest BCUT2D eigenvalue weighted by Crippen LogP contribution is -2.42. The van der Waals surface area contributed by atoms with Crippen LogP contribution in [0.15, 0.2) is 34.9 Å². The summed E-state index contributed by atoms with van der Waals surface area (Å²) in [5.74, 6) is 1.30. The predicted molar refractivity (Wildman–Crippen MR) is 99.7 cm³/mol. The summed E-state index contributed by atoms with van der Waals surface area (Å²) in [4.78, 5) is 21.4. The Bertz CT molecular complexity index is 768. The number of carbonyl (C=O) groups excluding carboxylic acids is 1. The molecular weight excluding hydrogens is 345 g/mol. The molecule has 0 saturated carbocycles. The van der Waals surface area contributed by atoms with Crippen molar-refractivity contribution in [3.05, 3.63) is 53.5 Å². The van der Waals surface area contributed by atoms with Crippen molar-refractivity contribution in [2.75, 3.05) is 26.2 Å². The zero-order valence-electron chi connectivity index (χ0n) is 15.6. The summed E-state index contributed by atoms with van der Waals surface area (Å²) >= 11 is 0. The number of halogens is 1. The van der Waals surface area contributed by atoms with Gasteiger partial charge in [-0.15, -0.1) is 0 Å². The Balaban J connectivity index is 1.40. The van der Waals surface area contributed by atoms with Crippen molar-refractivity contribution in [2.45, 2.75) is 44.6 Å². The Labute approximate surface area is 159 Å². The van der Waals surface area contributed by atoms with Crippen LogP contribution in [0.1, 0.15) is 55.4 Å². The quantitative estimate of drug-likeness (QED) is 0.806. The molecule has 3 heterocycles. The van der Waals surface area contributed by atoms with Crippen LogP contribution in [0, 0.1) is 5.82 Å². The maximum absolute atomic E-state index is 13.0. The van der Waals surface area contributed by atoms with Gasteiger partial charge >= 0.3 is 0 Å². The first kappa shape index (κ1) is 18.2. The van der Waals surface area contributed by atoms with Crippen LogP contribution in [0.25, 0.3) is 0 Å². The molecule has 0 radical (unpaired) electrons. The molecule has 1 unspecified atom stereocenters. The third kappa shape index (κ3) is 4.38. The van der Waals surface area contributed by atoms with Gasteiger partial charge in [-0.05, 0) is 56.5 Å². The molecule has 6 heteroatoms. The first-order valence-electron chi connectivity index (χ1n) is 9.90. The Hall–Kier alpha value is -2.21. The second kappa shape index (κ2) is 8.21. The number of hydrogen-bond donors (Lipinski definition) is 0. The molecule has 27 heavy (non-hydrogen) atoms. The minimum absolute atomic E-state index is 0.0655. The third-order valence-electron chi connectivity index (χ3n) is 5.53. The molecule has 1 atom stereocenters. The molecule has 2 aliphatic rings. The van der Waals surface area contributed by atoms with Gasteiger partial charge in [0.1, 0.15) is 17.6 Å². The molecule has 0 spiro atoms. The molecule has 1 aromatic heterocycles. The van der Waals surface area contributed by atoms with Gasteiger partial charge in [0.05, 0.1) is 12.7 Å². The summed E-state index contributed by atoms with van der Waals surface area (Å²) < 4.78 is 19.0. The topological polar surface area (TPSA) is 49.6 Å². The van der Waals surface area contributed by atoms with Crippen molar-refractivity contribution >= 4 is 5.91 Å². The van der Waals surface area contributed by atoms with Gasteiger partial charge in [-0.25, -0.2) is 9.37 Å². The van der Waals surface area contributed by atoms with Crippen molar-refractivity contribution in [1.29, 1.82) is 0 Å². The van der Waals surface area contributed by atoms with Gasteiger partial charge in [-0.1, -0.05) is 18.6 Å². The van der Waals surface area contributed by atoms with E-state index in [4.69, 9.17) is 4.42 Å². The van der Waals surface area contributed by atoms with Crippen LogP contribution < -0.4 is 0 Å². The molecule has 0 aliphatic carbocycles. The minimum atomic E-state index is -0.245. The van der Waals surface area contributed by atoms with Crippen LogP contribution in [0.5, 0.6) is 0 Å². The Morgan fingerprint density at radius 1 is 1.11 bits per heavy atom. The van der Waals surface area contributed by atoms with E-state index in [1.165, 1.54) is 31.4 Å². The van der Waals surface area contributed by atoms with E-state index in [-0.39, 0.29) is 17.8 Å². The number of nitrogens with zero attached hydrogens (tertiary/aromatic N) is 3. The van der Waals surface area contributed by atoms with E-state index in [1.54, 1.807) is 18.3 Å². The van der Waals surface area contributed by atoms with Gasteiger partial charge in [-0.3, -0.25) is 9.69 Å². The highest BCUT2D eigenvalue weighted by atomic mass is 19.1.